The average molecular weight is 504 g/mol. The Bertz CT molecular complexity index is 1760. The first-order valence-electron chi connectivity index (χ1n) is 12.8. The highest BCUT2D eigenvalue weighted by atomic mass is 16.2. The molecule has 0 unspecified atom stereocenters. The van der Waals surface area contributed by atoms with E-state index in [-0.39, 0.29) is 5.91 Å². The van der Waals surface area contributed by atoms with Crippen molar-refractivity contribution in [3.8, 4) is 22.4 Å². The summed E-state index contributed by atoms with van der Waals surface area (Å²) >= 11 is 0. The van der Waals surface area contributed by atoms with Crippen molar-refractivity contribution < 1.29 is 4.79 Å². The van der Waals surface area contributed by atoms with Crippen molar-refractivity contribution in [1.29, 1.82) is 0 Å². The van der Waals surface area contributed by atoms with Crippen molar-refractivity contribution in [2.45, 2.75) is 0 Å². The van der Waals surface area contributed by atoms with Gasteiger partial charge in [0.2, 0.25) is 0 Å². The van der Waals surface area contributed by atoms with E-state index >= 15 is 0 Å². The SMILES string of the molecule is O=C(N/N=C(\c1ccccc1)c1ccc(-c2ccccc2)cc1)c1cc(-c2ccccc2)nc2ccccc12. The van der Waals surface area contributed by atoms with Crippen molar-refractivity contribution in [2.24, 2.45) is 5.10 Å². The Morgan fingerprint density at radius 2 is 1.10 bits per heavy atom. The molecule has 0 saturated carbocycles. The van der Waals surface area contributed by atoms with Crippen molar-refractivity contribution in [3.05, 3.63) is 162 Å². The van der Waals surface area contributed by atoms with Crippen molar-refractivity contribution >= 4 is 22.5 Å². The number of nitrogens with one attached hydrogen (secondary N) is 1. The molecule has 1 aromatic heterocycles. The number of hydrogen-bond acceptors (Lipinski definition) is 3. The molecule has 0 aliphatic carbocycles. The van der Waals surface area contributed by atoms with E-state index < -0.39 is 0 Å². The molecule has 0 aliphatic heterocycles. The third kappa shape index (κ3) is 5.22. The topological polar surface area (TPSA) is 54.4 Å². The molecule has 0 radical (unpaired) electrons. The third-order valence-electron chi connectivity index (χ3n) is 6.61. The quantitative estimate of drug-likeness (QED) is 0.187. The van der Waals surface area contributed by atoms with Crippen molar-refractivity contribution in [3.63, 3.8) is 0 Å². The molecule has 6 aromatic rings. The fourth-order valence-electron chi connectivity index (χ4n) is 4.63. The van der Waals surface area contributed by atoms with Crippen LogP contribution in [0.3, 0.4) is 0 Å². The monoisotopic (exact) mass is 503 g/mol. The molecule has 4 nitrogen and oxygen atoms in total. The fraction of sp³-hybridized carbons (Fsp3) is 0. The van der Waals surface area contributed by atoms with Gasteiger partial charge in [-0.2, -0.15) is 5.10 Å². The maximum atomic E-state index is 13.6. The van der Waals surface area contributed by atoms with Gasteiger partial charge in [-0.25, -0.2) is 10.4 Å². The number of para-hydroxylation sites is 1. The lowest BCUT2D eigenvalue weighted by molar-refractivity contribution is 0.0956. The molecule has 39 heavy (non-hydrogen) atoms. The average Bonchev–Trinajstić information content (AvgIpc) is 3.02. The Labute approximate surface area is 227 Å². The van der Waals surface area contributed by atoms with Crippen LogP contribution in [0.1, 0.15) is 21.5 Å². The minimum atomic E-state index is -0.292. The largest absolute Gasteiger partial charge is 0.272 e. The molecule has 0 aliphatic rings. The molecule has 0 spiro atoms. The summed E-state index contributed by atoms with van der Waals surface area (Å²) in [5.41, 5.74) is 10.6. The molecule has 1 N–H and O–H groups in total. The summed E-state index contributed by atoms with van der Waals surface area (Å²) in [6, 6.07) is 47.7. The molecule has 1 heterocycles. The fourth-order valence-corrected chi connectivity index (χ4v) is 4.63. The van der Waals surface area contributed by atoms with Crippen LogP contribution in [0.25, 0.3) is 33.3 Å². The zero-order valence-electron chi connectivity index (χ0n) is 21.2. The predicted molar refractivity (Wildman–Crippen MR) is 159 cm³/mol. The van der Waals surface area contributed by atoms with Crippen LogP contribution in [0.5, 0.6) is 0 Å². The normalized spacial score (nSPS) is 11.3. The highest BCUT2D eigenvalue weighted by Gasteiger charge is 2.15. The smallest absolute Gasteiger partial charge is 0.267 e. The van der Waals surface area contributed by atoms with Crippen LogP contribution in [0.2, 0.25) is 0 Å². The van der Waals surface area contributed by atoms with Crippen LogP contribution in [-0.4, -0.2) is 16.6 Å². The second-order valence-electron chi connectivity index (χ2n) is 9.15. The van der Waals surface area contributed by atoms with Crippen molar-refractivity contribution in [1.82, 2.24) is 10.4 Å². The van der Waals surface area contributed by atoms with Gasteiger partial charge in [0, 0.05) is 22.1 Å². The zero-order valence-corrected chi connectivity index (χ0v) is 21.2. The summed E-state index contributed by atoms with van der Waals surface area (Å²) in [6.07, 6.45) is 0. The molecule has 5 aromatic carbocycles. The first-order chi connectivity index (χ1) is 19.3. The molecule has 6 rings (SSSR count). The number of benzene rings is 5. The number of hydrazone groups is 1. The van der Waals surface area contributed by atoms with Crippen LogP contribution in [-0.2, 0) is 0 Å². The second kappa shape index (κ2) is 11.0. The molecular formula is C35H25N3O. The summed E-state index contributed by atoms with van der Waals surface area (Å²) < 4.78 is 0. The number of carbonyl (C=O) groups is 1. The maximum Gasteiger partial charge on any atom is 0.272 e. The minimum absolute atomic E-state index is 0.292. The minimum Gasteiger partial charge on any atom is -0.267 e. The lowest BCUT2D eigenvalue weighted by Gasteiger charge is -2.11. The number of hydrogen-bond donors (Lipinski definition) is 1. The number of pyridine rings is 1. The van der Waals surface area contributed by atoms with Gasteiger partial charge in [0.05, 0.1) is 22.5 Å². The second-order valence-corrected chi connectivity index (χ2v) is 9.15. The lowest BCUT2D eigenvalue weighted by atomic mass is 9.99. The number of fused-ring (bicyclic) bond motifs is 1. The van der Waals surface area contributed by atoms with Crippen LogP contribution >= 0.6 is 0 Å². The van der Waals surface area contributed by atoms with E-state index in [9.17, 15) is 4.79 Å². The van der Waals surface area contributed by atoms with Gasteiger partial charge in [-0.05, 0) is 23.3 Å². The number of rotatable bonds is 6. The van der Waals surface area contributed by atoms with Gasteiger partial charge in [-0.15, -0.1) is 0 Å². The number of aromatic nitrogens is 1. The van der Waals surface area contributed by atoms with Gasteiger partial charge in [0.1, 0.15) is 0 Å². The summed E-state index contributed by atoms with van der Waals surface area (Å²) in [4.78, 5) is 18.4. The molecule has 0 bridgehead atoms. The highest BCUT2D eigenvalue weighted by Crippen LogP contribution is 2.25. The van der Waals surface area contributed by atoms with E-state index in [1.165, 1.54) is 0 Å². The summed E-state index contributed by atoms with van der Waals surface area (Å²) in [5.74, 6) is -0.292. The molecule has 1 amide bonds. The third-order valence-corrected chi connectivity index (χ3v) is 6.61. The van der Waals surface area contributed by atoms with Gasteiger partial charge < -0.3 is 0 Å². The van der Waals surface area contributed by atoms with Gasteiger partial charge in [-0.3, -0.25) is 4.79 Å². The first kappa shape index (κ1) is 24.0. The molecule has 0 saturated heterocycles. The van der Waals surface area contributed by atoms with Crippen LogP contribution in [0, 0.1) is 0 Å². The van der Waals surface area contributed by atoms with Crippen LogP contribution in [0.15, 0.2) is 151 Å². The summed E-state index contributed by atoms with van der Waals surface area (Å²) in [7, 11) is 0. The van der Waals surface area contributed by atoms with E-state index in [0.717, 1.165) is 44.4 Å². The predicted octanol–water partition coefficient (Wildman–Crippen LogP) is 7.75. The lowest BCUT2D eigenvalue weighted by Crippen LogP contribution is -2.21. The first-order valence-corrected chi connectivity index (χ1v) is 12.8. The number of amides is 1. The van der Waals surface area contributed by atoms with Gasteiger partial charge >= 0.3 is 0 Å². The van der Waals surface area contributed by atoms with Gasteiger partial charge in [-0.1, -0.05) is 133 Å². The van der Waals surface area contributed by atoms with E-state index in [4.69, 9.17) is 4.98 Å². The Kier molecular flexibility index (Phi) is 6.74. The summed E-state index contributed by atoms with van der Waals surface area (Å²) in [5, 5.41) is 5.43. The summed E-state index contributed by atoms with van der Waals surface area (Å²) in [6.45, 7) is 0. The Morgan fingerprint density at radius 1 is 0.564 bits per heavy atom. The number of carbonyl (C=O) groups excluding carboxylic acids is 1. The van der Waals surface area contributed by atoms with Gasteiger partial charge in [0.25, 0.3) is 5.91 Å². The van der Waals surface area contributed by atoms with E-state index in [1.54, 1.807) is 0 Å². The molecule has 0 fully saturated rings. The Morgan fingerprint density at radius 3 is 1.79 bits per heavy atom. The highest BCUT2D eigenvalue weighted by molar-refractivity contribution is 6.14. The molecule has 0 atom stereocenters. The molecule has 186 valence electrons. The Balaban J connectivity index is 1.37. The zero-order chi connectivity index (χ0) is 26.4. The molecular weight excluding hydrogens is 478 g/mol. The van der Waals surface area contributed by atoms with Crippen molar-refractivity contribution in [2.75, 3.05) is 0 Å². The van der Waals surface area contributed by atoms with Crippen LogP contribution in [0.4, 0.5) is 0 Å². The standard InChI is InChI=1S/C35H25N3O/c39-35(31-24-33(27-14-6-2-7-15-27)36-32-19-11-10-18-30(31)32)38-37-34(28-16-8-3-9-17-28)29-22-20-26(21-23-29)25-12-4-1-5-13-25/h1-24H,(H,38,39)/b37-34+. The van der Waals surface area contributed by atoms with Crippen LogP contribution < -0.4 is 5.43 Å². The Hall–Kier alpha value is -5.35. The molecule has 4 heteroatoms. The van der Waals surface area contributed by atoms with E-state index in [0.29, 0.717) is 11.3 Å². The van der Waals surface area contributed by atoms with E-state index in [1.807, 2.05) is 121 Å². The maximum absolute atomic E-state index is 13.6. The van der Waals surface area contributed by atoms with Gasteiger partial charge in [0.15, 0.2) is 0 Å². The number of nitrogens with zero attached hydrogens (tertiary/aromatic N) is 2. The van der Waals surface area contributed by atoms with E-state index in [2.05, 4.69) is 34.8 Å².